The quantitative estimate of drug-likeness (QED) is 0.499. The number of hydrogen-bond donors (Lipinski definition) is 3. The van der Waals surface area contributed by atoms with Crippen LogP contribution in [-0.2, 0) is 0 Å². The molecule has 4 heterocycles. The summed E-state index contributed by atoms with van der Waals surface area (Å²) in [6.45, 7) is 1.22. The lowest BCUT2D eigenvalue weighted by molar-refractivity contribution is 0.0786. The molecular weight excluding hydrogens is 371 g/mol. The molecule has 3 aromatic heterocycles. The molecule has 1 atom stereocenters. The van der Waals surface area contributed by atoms with E-state index in [-0.39, 0.29) is 17.6 Å². The molecule has 1 amide bonds. The fourth-order valence-electron chi connectivity index (χ4n) is 4.02. The van der Waals surface area contributed by atoms with Crippen LogP contribution in [0.25, 0.3) is 22.0 Å². The largest absolute Gasteiger partial charge is 0.384 e. The van der Waals surface area contributed by atoms with Crippen molar-refractivity contribution in [2.75, 3.05) is 18.8 Å². The number of nitrogen functional groups attached to an aromatic ring is 1. The normalized spacial score (nSPS) is 16.6. The van der Waals surface area contributed by atoms with Gasteiger partial charge in [-0.2, -0.15) is 5.10 Å². The molecule has 0 radical (unpaired) electrons. The number of nitrogens with one attached hydrogen (secondary N) is 2. The van der Waals surface area contributed by atoms with Crippen LogP contribution in [0, 0.1) is 5.82 Å². The lowest BCUT2D eigenvalue weighted by atomic mass is 9.97. The number of benzene rings is 1. The van der Waals surface area contributed by atoms with Crippen molar-refractivity contribution in [3.05, 3.63) is 66.0 Å². The molecule has 0 unspecified atom stereocenters. The zero-order chi connectivity index (χ0) is 20.0. The Hall–Kier alpha value is -3.68. The lowest BCUT2D eigenvalue weighted by Gasteiger charge is -2.16. The molecule has 146 valence electrons. The number of hydrogen-bond acceptors (Lipinski definition) is 4. The number of pyridine rings is 1. The number of likely N-dealkylation sites (tertiary alicyclic amines) is 1. The van der Waals surface area contributed by atoms with Gasteiger partial charge < -0.3 is 15.6 Å². The molecule has 0 aliphatic carbocycles. The maximum absolute atomic E-state index is 13.4. The first-order valence-corrected chi connectivity index (χ1v) is 9.41. The van der Waals surface area contributed by atoms with E-state index in [1.54, 1.807) is 24.5 Å². The SMILES string of the molecule is Nc1cc(-c2cn[nH]c2[C@H]2CCN(C(=O)c3cc4ccc(F)cc4[nH]3)C2)ccn1. The number of anilines is 1. The number of aromatic nitrogens is 4. The van der Waals surface area contributed by atoms with Gasteiger partial charge in [-0.25, -0.2) is 9.37 Å². The minimum Gasteiger partial charge on any atom is -0.384 e. The van der Waals surface area contributed by atoms with E-state index >= 15 is 0 Å². The number of fused-ring (bicyclic) bond motifs is 1. The van der Waals surface area contributed by atoms with Gasteiger partial charge in [0.15, 0.2) is 0 Å². The zero-order valence-electron chi connectivity index (χ0n) is 15.5. The van der Waals surface area contributed by atoms with Crippen molar-refractivity contribution in [3.63, 3.8) is 0 Å². The maximum Gasteiger partial charge on any atom is 0.270 e. The summed E-state index contributed by atoms with van der Waals surface area (Å²) in [6.07, 6.45) is 4.28. The Kier molecular flexibility index (Phi) is 4.04. The predicted octanol–water partition coefficient (Wildman–Crippen LogP) is 3.30. The van der Waals surface area contributed by atoms with E-state index in [2.05, 4.69) is 20.2 Å². The number of halogens is 1. The molecule has 1 aliphatic heterocycles. The Morgan fingerprint density at radius 1 is 1.24 bits per heavy atom. The molecule has 8 heteroatoms. The predicted molar refractivity (Wildman–Crippen MR) is 108 cm³/mol. The van der Waals surface area contributed by atoms with E-state index in [1.807, 2.05) is 17.0 Å². The summed E-state index contributed by atoms with van der Waals surface area (Å²) in [4.78, 5) is 21.9. The summed E-state index contributed by atoms with van der Waals surface area (Å²) >= 11 is 0. The monoisotopic (exact) mass is 390 g/mol. The second-order valence-corrected chi connectivity index (χ2v) is 7.32. The fraction of sp³-hybridized carbons (Fsp3) is 0.190. The van der Waals surface area contributed by atoms with Gasteiger partial charge in [-0.15, -0.1) is 0 Å². The number of rotatable bonds is 3. The molecule has 29 heavy (non-hydrogen) atoms. The third-order valence-electron chi connectivity index (χ3n) is 5.46. The molecule has 0 bridgehead atoms. The van der Waals surface area contributed by atoms with Crippen LogP contribution in [0.1, 0.15) is 28.5 Å². The minimum atomic E-state index is -0.330. The van der Waals surface area contributed by atoms with Gasteiger partial charge >= 0.3 is 0 Å². The second-order valence-electron chi connectivity index (χ2n) is 7.32. The number of nitrogens with two attached hydrogens (primary N) is 1. The molecular formula is C21H19FN6O. The second kappa shape index (κ2) is 6.73. The Bertz CT molecular complexity index is 1210. The fourth-order valence-corrected chi connectivity index (χ4v) is 4.02. The molecule has 0 saturated carbocycles. The third-order valence-corrected chi connectivity index (χ3v) is 5.46. The minimum absolute atomic E-state index is 0.0849. The highest BCUT2D eigenvalue weighted by Gasteiger charge is 2.31. The van der Waals surface area contributed by atoms with Crippen LogP contribution < -0.4 is 5.73 Å². The number of amides is 1. The van der Waals surface area contributed by atoms with Gasteiger partial charge in [0.05, 0.1) is 6.20 Å². The molecule has 4 aromatic rings. The third kappa shape index (κ3) is 3.12. The van der Waals surface area contributed by atoms with Crippen molar-refractivity contribution in [2.45, 2.75) is 12.3 Å². The molecule has 5 rings (SSSR count). The summed E-state index contributed by atoms with van der Waals surface area (Å²) in [5.41, 5.74) is 9.82. The lowest BCUT2D eigenvalue weighted by Crippen LogP contribution is -2.28. The van der Waals surface area contributed by atoms with Crippen molar-refractivity contribution in [3.8, 4) is 11.1 Å². The highest BCUT2D eigenvalue weighted by molar-refractivity contribution is 5.98. The summed E-state index contributed by atoms with van der Waals surface area (Å²) in [7, 11) is 0. The van der Waals surface area contributed by atoms with Gasteiger partial charge in [0.25, 0.3) is 5.91 Å². The smallest absolute Gasteiger partial charge is 0.270 e. The molecule has 1 aliphatic rings. The van der Waals surface area contributed by atoms with E-state index in [9.17, 15) is 9.18 Å². The van der Waals surface area contributed by atoms with Gasteiger partial charge in [-0.05, 0) is 48.4 Å². The topological polar surface area (TPSA) is 104 Å². The van der Waals surface area contributed by atoms with Gasteiger partial charge in [0, 0.05) is 47.4 Å². The van der Waals surface area contributed by atoms with Crippen molar-refractivity contribution in [2.24, 2.45) is 0 Å². The van der Waals surface area contributed by atoms with Crippen LogP contribution in [0.3, 0.4) is 0 Å². The van der Waals surface area contributed by atoms with Gasteiger partial charge in [-0.1, -0.05) is 0 Å². The van der Waals surface area contributed by atoms with E-state index in [0.29, 0.717) is 30.1 Å². The maximum atomic E-state index is 13.4. The van der Waals surface area contributed by atoms with E-state index in [4.69, 9.17) is 5.73 Å². The first-order valence-electron chi connectivity index (χ1n) is 9.41. The molecule has 1 saturated heterocycles. The van der Waals surface area contributed by atoms with Gasteiger partial charge in [-0.3, -0.25) is 9.89 Å². The Morgan fingerprint density at radius 3 is 3.00 bits per heavy atom. The van der Waals surface area contributed by atoms with Crippen LogP contribution in [-0.4, -0.2) is 44.1 Å². The summed E-state index contributed by atoms with van der Waals surface area (Å²) in [6, 6.07) is 9.94. The standard InChI is InChI=1S/C21H19FN6O/c22-15-2-1-13-7-18(26-17(13)9-15)21(29)28-6-4-14(11-28)20-16(10-25-27-20)12-3-5-24-19(23)8-12/h1-3,5,7-10,14,26H,4,6,11H2,(H2,23,24)(H,25,27)/t14-/m0/s1. The highest BCUT2D eigenvalue weighted by Crippen LogP contribution is 2.34. The zero-order valence-corrected chi connectivity index (χ0v) is 15.5. The molecule has 1 aromatic carbocycles. The number of H-pyrrole nitrogens is 2. The summed E-state index contributed by atoms with van der Waals surface area (Å²) in [5.74, 6) is 0.183. The Morgan fingerprint density at radius 2 is 2.14 bits per heavy atom. The summed E-state index contributed by atoms with van der Waals surface area (Å²) < 4.78 is 13.4. The van der Waals surface area contributed by atoms with Crippen molar-refractivity contribution in [1.82, 2.24) is 25.1 Å². The van der Waals surface area contributed by atoms with Crippen LogP contribution in [0.2, 0.25) is 0 Å². The van der Waals surface area contributed by atoms with E-state index in [0.717, 1.165) is 28.6 Å². The average molecular weight is 390 g/mol. The average Bonchev–Trinajstić information content (AvgIpc) is 3.45. The molecule has 7 nitrogen and oxygen atoms in total. The van der Waals surface area contributed by atoms with E-state index < -0.39 is 0 Å². The number of carbonyl (C=O) groups is 1. The van der Waals surface area contributed by atoms with Crippen LogP contribution >= 0.6 is 0 Å². The van der Waals surface area contributed by atoms with Crippen molar-refractivity contribution < 1.29 is 9.18 Å². The number of carbonyl (C=O) groups excluding carboxylic acids is 1. The van der Waals surface area contributed by atoms with Gasteiger partial charge in [0.1, 0.15) is 17.3 Å². The first-order chi connectivity index (χ1) is 14.1. The van der Waals surface area contributed by atoms with Crippen LogP contribution in [0.5, 0.6) is 0 Å². The Balaban J connectivity index is 1.38. The van der Waals surface area contributed by atoms with Crippen LogP contribution in [0.15, 0.2) is 48.8 Å². The molecule has 4 N–H and O–H groups in total. The van der Waals surface area contributed by atoms with E-state index in [1.165, 1.54) is 12.1 Å². The Labute approximate surface area is 165 Å². The number of aromatic amines is 2. The first kappa shape index (κ1) is 17.4. The van der Waals surface area contributed by atoms with Gasteiger partial charge in [0.2, 0.25) is 0 Å². The highest BCUT2D eigenvalue weighted by atomic mass is 19.1. The van der Waals surface area contributed by atoms with Crippen molar-refractivity contribution >= 4 is 22.6 Å². The van der Waals surface area contributed by atoms with Crippen LogP contribution in [0.4, 0.5) is 10.2 Å². The van der Waals surface area contributed by atoms with Crippen molar-refractivity contribution in [1.29, 1.82) is 0 Å². The molecule has 0 spiro atoms. The molecule has 1 fully saturated rings. The number of nitrogens with zero attached hydrogens (tertiary/aromatic N) is 3. The summed E-state index contributed by atoms with van der Waals surface area (Å²) in [5, 5.41) is 8.12.